The van der Waals surface area contributed by atoms with Crippen LogP contribution in [0.4, 0.5) is 0 Å². The molecule has 0 spiro atoms. The van der Waals surface area contributed by atoms with Gasteiger partial charge in [0.2, 0.25) is 5.60 Å². The summed E-state index contributed by atoms with van der Waals surface area (Å²) >= 11 is 0. The zero-order chi connectivity index (χ0) is 19.7. The first-order valence-electron chi connectivity index (χ1n) is 8.81. The van der Waals surface area contributed by atoms with E-state index in [1.807, 2.05) is 78.9 Å². The van der Waals surface area contributed by atoms with Crippen molar-refractivity contribution in [3.05, 3.63) is 114 Å². The fraction of sp³-hybridized carbons (Fsp3) is 0.0385. The lowest BCUT2D eigenvalue weighted by Gasteiger charge is -2.16. The molecule has 0 amide bonds. The summed E-state index contributed by atoms with van der Waals surface area (Å²) in [4.78, 5) is 11.1. The smallest absolute Gasteiger partial charge is 0.214 e. The monoisotopic (exact) mass is 362 g/mol. The highest BCUT2D eigenvalue weighted by molar-refractivity contribution is 5.89. The van der Waals surface area contributed by atoms with Crippen LogP contribution in [0.3, 0.4) is 0 Å². The predicted octanol–water partition coefficient (Wildman–Crippen LogP) is 4.21. The van der Waals surface area contributed by atoms with Crippen molar-refractivity contribution < 1.29 is 9.90 Å². The first-order valence-corrected chi connectivity index (χ1v) is 8.81. The van der Waals surface area contributed by atoms with E-state index in [0.717, 1.165) is 11.1 Å². The molecular formula is C26H18O2. The highest BCUT2D eigenvalue weighted by Gasteiger charge is 2.24. The third kappa shape index (κ3) is 4.86. The second-order valence-corrected chi connectivity index (χ2v) is 6.02. The van der Waals surface area contributed by atoms with Crippen molar-refractivity contribution in [2.24, 2.45) is 0 Å². The van der Waals surface area contributed by atoms with E-state index < -0.39 is 5.60 Å². The topological polar surface area (TPSA) is 37.3 Å². The predicted molar refractivity (Wildman–Crippen MR) is 112 cm³/mol. The summed E-state index contributed by atoms with van der Waals surface area (Å²) in [6.07, 6.45) is 2.08. The molecule has 0 heterocycles. The molecule has 0 bridgehead atoms. The number of benzene rings is 3. The molecule has 0 aliphatic heterocycles. The normalized spacial score (nSPS) is 12.5. The van der Waals surface area contributed by atoms with E-state index in [9.17, 15) is 9.90 Å². The molecule has 0 aliphatic rings. The summed E-state index contributed by atoms with van der Waals surface area (Å²) in [7, 11) is 0. The van der Waals surface area contributed by atoms with Crippen molar-refractivity contribution in [1.82, 2.24) is 0 Å². The van der Waals surface area contributed by atoms with E-state index in [1.54, 1.807) is 12.1 Å². The van der Waals surface area contributed by atoms with E-state index in [-0.39, 0.29) is 0 Å². The van der Waals surface area contributed by atoms with E-state index in [4.69, 9.17) is 0 Å². The van der Waals surface area contributed by atoms with Crippen molar-refractivity contribution >= 4 is 11.9 Å². The molecule has 1 N–H and O–H groups in total. The number of carbonyl (C=O) groups is 1. The molecule has 2 nitrogen and oxygen atoms in total. The van der Waals surface area contributed by atoms with Gasteiger partial charge in [0.1, 0.15) is 6.29 Å². The van der Waals surface area contributed by atoms with Crippen LogP contribution in [0.25, 0.3) is 5.57 Å². The number of hydrogen-bond acceptors (Lipinski definition) is 2. The third-order valence-electron chi connectivity index (χ3n) is 4.05. The van der Waals surface area contributed by atoms with Crippen molar-refractivity contribution in [2.75, 3.05) is 0 Å². The van der Waals surface area contributed by atoms with Crippen LogP contribution in [-0.4, -0.2) is 11.4 Å². The summed E-state index contributed by atoms with van der Waals surface area (Å²) in [5, 5.41) is 11.2. The van der Waals surface area contributed by atoms with Gasteiger partial charge in [-0.3, -0.25) is 4.79 Å². The lowest BCUT2D eigenvalue weighted by molar-refractivity contribution is -0.104. The van der Waals surface area contributed by atoms with E-state index >= 15 is 0 Å². The van der Waals surface area contributed by atoms with Crippen molar-refractivity contribution in [1.29, 1.82) is 0 Å². The summed E-state index contributed by atoms with van der Waals surface area (Å²) in [5.74, 6) is 11.7. The molecule has 0 saturated heterocycles. The molecule has 134 valence electrons. The summed E-state index contributed by atoms with van der Waals surface area (Å²) in [6.45, 7) is 0. The van der Waals surface area contributed by atoms with Gasteiger partial charge in [0.05, 0.1) is 0 Å². The average Bonchev–Trinajstić information content (AvgIpc) is 2.77. The second kappa shape index (κ2) is 9.19. The van der Waals surface area contributed by atoms with Gasteiger partial charge in [-0.15, -0.1) is 0 Å². The Balaban J connectivity index is 2.06. The Morgan fingerprint density at radius 3 is 1.96 bits per heavy atom. The number of allylic oxidation sites excluding steroid dienone is 2. The Kier molecular flexibility index (Phi) is 6.21. The molecule has 0 aliphatic carbocycles. The third-order valence-corrected chi connectivity index (χ3v) is 4.05. The number of aliphatic hydroxyl groups is 1. The molecule has 1 unspecified atom stereocenters. The maximum Gasteiger partial charge on any atom is 0.214 e. The Morgan fingerprint density at radius 2 is 1.36 bits per heavy atom. The molecule has 3 aromatic rings. The van der Waals surface area contributed by atoms with Crippen LogP contribution >= 0.6 is 0 Å². The maximum atomic E-state index is 11.2. The SMILES string of the molecule is O=C/C=C(\C#CC(O)(C#Cc1ccccc1)c1ccccc1)c1ccccc1. The summed E-state index contributed by atoms with van der Waals surface area (Å²) < 4.78 is 0. The Morgan fingerprint density at radius 1 is 0.786 bits per heavy atom. The largest absolute Gasteiger partial charge is 0.363 e. The summed E-state index contributed by atoms with van der Waals surface area (Å²) in [6, 6.07) is 27.8. The molecule has 0 fully saturated rings. The van der Waals surface area contributed by atoms with Gasteiger partial charge in [0.25, 0.3) is 0 Å². The molecule has 2 heteroatoms. The van der Waals surface area contributed by atoms with Crippen molar-refractivity contribution in [3.63, 3.8) is 0 Å². The molecule has 1 atom stereocenters. The van der Waals surface area contributed by atoms with E-state index in [2.05, 4.69) is 23.7 Å². The zero-order valence-corrected chi connectivity index (χ0v) is 15.2. The van der Waals surface area contributed by atoms with Gasteiger partial charge in [-0.25, -0.2) is 0 Å². The lowest BCUT2D eigenvalue weighted by atomic mass is 9.93. The van der Waals surface area contributed by atoms with Gasteiger partial charge in [0.15, 0.2) is 0 Å². The fourth-order valence-corrected chi connectivity index (χ4v) is 2.59. The van der Waals surface area contributed by atoms with Crippen LogP contribution < -0.4 is 0 Å². The van der Waals surface area contributed by atoms with Crippen LogP contribution in [-0.2, 0) is 10.4 Å². The highest BCUT2D eigenvalue weighted by Crippen LogP contribution is 2.21. The van der Waals surface area contributed by atoms with Crippen LogP contribution in [0.15, 0.2) is 97.1 Å². The van der Waals surface area contributed by atoms with Crippen LogP contribution in [0.2, 0.25) is 0 Å². The first-order chi connectivity index (χ1) is 13.7. The van der Waals surface area contributed by atoms with Crippen molar-refractivity contribution in [2.45, 2.75) is 5.60 Å². The highest BCUT2D eigenvalue weighted by atomic mass is 16.3. The quantitative estimate of drug-likeness (QED) is 0.430. The molecule has 0 aromatic heterocycles. The van der Waals surface area contributed by atoms with Crippen LogP contribution in [0, 0.1) is 23.7 Å². The first kappa shape index (κ1) is 18.9. The zero-order valence-electron chi connectivity index (χ0n) is 15.2. The van der Waals surface area contributed by atoms with Gasteiger partial charge >= 0.3 is 0 Å². The van der Waals surface area contributed by atoms with Crippen LogP contribution in [0.1, 0.15) is 16.7 Å². The second-order valence-electron chi connectivity index (χ2n) is 6.02. The molecule has 0 saturated carbocycles. The number of aldehydes is 1. The Hall–Kier alpha value is -3.85. The van der Waals surface area contributed by atoms with Gasteiger partial charge < -0.3 is 5.11 Å². The molecular weight excluding hydrogens is 344 g/mol. The number of hydrogen-bond donors (Lipinski definition) is 1. The molecule has 3 aromatic carbocycles. The number of carbonyl (C=O) groups excluding carboxylic acids is 1. The number of rotatable bonds is 3. The minimum atomic E-state index is -1.67. The average molecular weight is 362 g/mol. The molecule has 0 radical (unpaired) electrons. The minimum absolute atomic E-state index is 0.520. The minimum Gasteiger partial charge on any atom is -0.363 e. The van der Waals surface area contributed by atoms with Gasteiger partial charge in [-0.2, -0.15) is 0 Å². The van der Waals surface area contributed by atoms with Gasteiger partial charge in [-0.05, 0) is 35.6 Å². The fourth-order valence-electron chi connectivity index (χ4n) is 2.59. The molecule has 28 heavy (non-hydrogen) atoms. The van der Waals surface area contributed by atoms with E-state index in [0.29, 0.717) is 17.4 Å². The van der Waals surface area contributed by atoms with Crippen LogP contribution in [0.5, 0.6) is 0 Å². The standard InChI is InChI=1S/C26H18O2/c27-21-18-24(23-12-6-2-7-13-23)17-20-26(28,25-14-8-3-9-15-25)19-16-22-10-4-1-5-11-22/h1-15,18,21,28H/b24-18+. The van der Waals surface area contributed by atoms with Gasteiger partial charge in [-0.1, -0.05) is 90.7 Å². The van der Waals surface area contributed by atoms with Crippen molar-refractivity contribution in [3.8, 4) is 23.7 Å². The Labute approximate surface area is 165 Å². The van der Waals surface area contributed by atoms with Gasteiger partial charge in [0, 0.05) is 16.7 Å². The molecule has 3 rings (SSSR count). The Bertz CT molecular complexity index is 1080. The lowest BCUT2D eigenvalue weighted by Crippen LogP contribution is -2.21. The van der Waals surface area contributed by atoms with E-state index in [1.165, 1.54) is 6.08 Å². The maximum absolute atomic E-state index is 11.2. The summed E-state index contributed by atoms with van der Waals surface area (Å²) in [5.41, 5.74) is 1.00.